The topological polar surface area (TPSA) is 4.93 Å². The van der Waals surface area contributed by atoms with Crippen molar-refractivity contribution in [3.63, 3.8) is 0 Å². The van der Waals surface area contributed by atoms with E-state index < -0.39 is 0 Å². The number of halogens is 1. The maximum absolute atomic E-state index is 6.39. The van der Waals surface area contributed by atoms with E-state index in [4.69, 9.17) is 11.6 Å². The van der Waals surface area contributed by atoms with E-state index in [1.54, 1.807) is 0 Å². The normalized spacial score (nSPS) is 21.6. The highest BCUT2D eigenvalue weighted by Crippen LogP contribution is 2.41. The monoisotopic (exact) mass is 487 g/mol. The zero-order valence-corrected chi connectivity index (χ0v) is 21.6. The molecular formula is C34H30ClN. The maximum Gasteiger partial charge on any atom is 0.0643 e. The Hall–Kier alpha value is -3.55. The lowest BCUT2D eigenvalue weighted by molar-refractivity contribution is 0.437. The molecule has 0 aliphatic heterocycles. The van der Waals surface area contributed by atoms with E-state index >= 15 is 0 Å². The number of fused-ring (bicyclic) bond motifs is 3. The average Bonchev–Trinajstić information content (AvgIpc) is 3.24. The summed E-state index contributed by atoms with van der Waals surface area (Å²) in [5.74, 6) is 0.354. The third-order valence-corrected chi connectivity index (χ3v) is 8.30. The second kappa shape index (κ2) is 8.84. The Morgan fingerprint density at radius 3 is 2.19 bits per heavy atom. The molecule has 3 aromatic carbocycles. The van der Waals surface area contributed by atoms with Crippen LogP contribution < -0.4 is 0 Å². The molecule has 0 amide bonds. The molecule has 2 atom stereocenters. The molecule has 2 unspecified atom stereocenters. The minimum Gasteiger partial charge on any atom is -0.331 e. The molecule has 0 bridgehead atoms. The minimum atomic E-state index is -0.113. The van der Waals surface area contributed by atoms with Crippen LogP contribution in [0.1, 0.15) is 37.8 Å². The summed E-state index contributed by atoms with van der Waals surface area (Å²) in [5, 5.41) is 3.53. The lowest BCUT2D eigenvalue weighted by Gasteiger charge is -2.31. The molecule has 0 fully saturated rings. The van der Waals surface area contributed by atoms with Crippen LogP contribution in [0.4, 0.5) is 0 Å². The van der Waals surface area contributed by atoms with Crippen LogP contribution >= 0.6 is 11.6 Å². The minimum absolute atomic E-state index is 0.113. The van der Waals surface area contributed by atoms with Crippen molar-refractivity contribution in [2.24, 2.45) is 5.92 Å². The van der Waals surface area contributed by atoms with Crippen LogP contribution in [0.3, 0.4) is 0 Å². The van der Waals surface area contributed by atoms with Crippen LogP contribution in [0.5, 0.6) is 0 Å². The van der Waals surface area contributed by atoms with Gasteiger partial charge in [-0.15, -0.1) is 0 Å². The third-order valence-electron chi connectivity index (χ3n) is 7.80. The Morgan fingerprint density at radius 1 is 0.889 bits per heavy atom. The Morgan fingerprint density at radius 2 is 1.56 bits per heavy atom. The van der Waals surface area contributed by atoms with E-state index in [0.717, 1.165) is 23.4 Å². The number of nitrogens with zero attached hydrogens (tertiary/aromatic N) is 1. The van der Waals surface area contributed by atoms with E-state index in [0.29, 0.717) is 5.92 Å². The van der Waals surface area contributed by atoms with Gasteiger partial charge in [0.15, 0.2) is 0 Å². The van der Waals surface area contributed by atoms with Gasteiger partial charge in [0.25, 0.3) is 0 Å². The van der Waals surface area contributed by atoms with E-state index in [2.05, 4.69) is 122 Å². The molecule has 178 valence electrons. The van der Waals surface area contributed by atoms with Crippen molar-refractivity contribution in [3.05, 3.63) is 120 Å². The average molecular weight is 488 g/mol. The van der Waals surface area contributed by atoms with Crippen LogP contribution in [0.2, 0.25) is 0 Å². The molecule has 0 N–H and O–H groups in total. The molecule has 1 nitrogen and oxygen atoms in total. The number of hydrogen-bond donors (Lipinski definition) is 0. The van der Waals surface area contributed by atoms with Crippen molar-refractivity contribution < 1.29 is 0 Å². The standard InChI is InChI=1S/C34H30ClN/c1-4-24-8-10-25(11-9-24)27-13-16-32-29(21-27)30-22-28(26-12-15-31(35)23(2)20-26)14-17-33(30)36(32)34(3)18-6-5-7-19-34/h4-18,21-23H,1,19-20H2,2-3H3. The summed E-state index contributed by atoms with van der Waals surface area (Å²) in [4.78, 5) is 0. The van der Waals surface area contributed by atoms with Gasteiger partial charge in [-0.3, -0.25) is 0 Å². The Kier molecular flexibility index (Phi) is 5.62. The summed E-state index contributed by atoms with van der Waals surface area (Å²) < 4.78 is 2.53. The van der Waals surface area contributed by atoms with Gasteiger partial charge in [-0.25, -0.2) is 0 Å². The first-order chi connectivity index (χ1) is 17.5. The molecule has 2 heteroatoms. The molecule has 2 aliphatic carbocycles. The van der Waals surface area contributed by atoms with Crippen LogP contribution in [-0.4, -0.2) is 4.57 Å². The predicted molar refractivity (Wildman–Crippen MR) is 157 cm³/mol. The van der Waals surface area contributed by atoms with Crippen molar-refractivity contribution in [1.82, 2.24) is 4.57 Å². The highest BCUT2D eigenvalue weighted by molar-refractivity contribution is 6.30. The summed E-state index contributed by atoms with van der Waals surface area (Å²) in [6.07, 6.45) is 17.0. The zero-order chi connectivity index (χ0) is 24.9. The van der Waals surface area contributed by atoms with Gasteiger partial charge in [0.1, 0.15) is 0 Å². The van der Waals surface area contributed by atoms with Gasteiger partial charge in [0.05, 0.1) is 5.54 Å². The number of benzene rings is 3. The smallest absolute Gasteiger partial charge is 0.0643 e. The SMILES string of the molecule is C=Cc1ccc(-c2ccc3c(c2)c2cc(C4=CC=C(Cl)C(C)C4)ccc2n3C2(C)C=CC=CC2)cc1. The molecule has 4 aromatic rings. The largest absolute Gasteiger partial charge is 0.331 e. The van der Waals surface area contributed by atoms with E-state index in [1.165, 1.54) is 44.1 Å². The number of allylic oxidation sites excluding steroid dienone is 8. The molecule has 0 saturated heterocycles. The van der Waals surface area contributed by atoms with Gasteiger partial charge in [0.2, 0.25) is 0 Å². The van der Waals surface area contributed by atoms with Gasteiger partial charge in [-0.1, -0.05) is 98.0 Å². The van der Waals surface area contributed by atoms with Crippen LogP contribution in [0, 0.1) is 5.92 Å². The van der Waals surface area contributed by atoms with Gasteiger partial charge in [0, 0.05) is 26.8 Å². The van der Waals surface area contributed by atoms with Gasteiger partial charge >= 0.3 is 0 Å². The van der Waals surface area contributed by atoms with Gasteiger partial charge < -0.3 is 4.57 Å². The first-order valence-corrected chi connectivity index (χ1v) is 13.1. The second-order valence-electron chi connectivity index (χ2n) is 10.3. The fourth-order valence-electron chi connectivity index (χ4n) is 5.70. The van der Waals surface area contributed by atoms with Crippen molar-refractivity contribution in [2.75, 3.05) is 0 Å². The van der Waals surface area contributed by atoms with Gasteiger partial charge in [-0.2, -0.15) is 0 Å². The zero-order valence-electron chi connectivity index (χ0n) is 20.8. The first kappa shape index (κ1) is 22.9. The summed E-state index contributed by atoms with van der Waals surface area (Å²) in [6.45, 7) is 8.42. The highest BCUT2D eigenvalue weighted by Gasteiger charge is 2.28. The Bertz CT molecular complexity index is 1620. The third kappa shape index (κ3) is 3.79. The molecule has 0 radical (unpaired) electrons. The van der Waals surface area contributed by atoms with E-state index in [1.807, 2.05) is 6.08 Å². The summed E-state index contributed by atoms with van der Waals surface area (Å²) in [6, 6.07) is 22.5. The fraction of sp³-hybridized carbons (Fsp3) is 0.176. The van der Waals surface area contributed by atoms with E-state index in [9.17, 15) is 0 Å². The molecule has 6 rings (SSSR count). The molecule has 0 saturated carbocycles. The molecule has 36 heavy (non-hydrogen) atoms. The fourth-order valence-corrected chi connectivity index (χ4v) is 5.84. The lowest BCUT2D eigenvalue weighted by atomic mass is 9.90. The highest BCUT2D eigenvalue weighted by atomic mass is 35.5. The Balaban J connectivity index is 1.59. The molecule has 0 spiro atoms. The molecule has 1 aromatic heterocycles. The van der Waals surface area contributed by atoms with Crippen LogP contribution in [0.15, 0.2) is 109 Å². The maximum atomic E-state index is 6.39. The van der Waals surface area contributed by atoms with Crippen LogP contribution in [0.25, 0.3) is 44.6 Å². The molecule has 2 aliphatic rings. The summed E-state index contributed by atoms with van der Waals surface area (Å²) in [7, 11) is 0. The predicted octanol–water partition coefficient (Wildman–Crippen LogP) is 9.88. The van der Waals surface area contributed by atoms with Crippen molar-refractivity contribution in [2.45, 2.75) is 32.2 Å². The quantitative estimate of drug-likeness (QED) is 0.270. The summed E-state index contributed by atoms with van der Waals surface area (Å²) in [5.41, 5.74) is 8.63. The first-order valence-electron chi connectivity index (χ1n) is 12.7. The van der Waals surface area contributed by atoms with Gasteiger partial charge in [-0.05, 0) is 83.9 Å². The molecule has 1 heterocycles. The van der Waals surface area contributed by atoms with Crippen molar-refractivity contribution >= 4 is 45.1 Å². The van der Waals surface area contributed by atoms with E-state index in [-0.39, 0.29) is 5.54 Å². The van der Waals surface area contributed by atoms with Crippen molar-refractivity contribution in [1.29, 1.82) is 0 Å². The van der Waals surface area contributed by atoms with Crippen molar-refractivity contribution in [3.8, 4) is 11.1 Å². The number of hydrogen-bond acceptors (Lipinski definition) is 0. The molecular weight excluding hydrogens is 458 g/mol. The second-order valence-corrected chi connectivity index (χ2v) is 10.8. The Labute approximate surface area is 218 Å². The summed E-state index contributed by atoms with van der Waals surface area (Å²) >= 11 is 6.39. The number of rotatable bonds is 4. The lowest BCUT2D eigenvalue weighted by Crippen LogP contribution is -2.27. The van der Waals surface area contributed by atoms with Crippen LogP contribution in [-0.2, 0) is 5.54 Å². The number of aromatic nitrogens is 1.